The number of aliphatic hydroxyl groups excluding tert-OH is 2. The fourth-order valence-electron chi connectivity index (χ4n) is 7.48. The molecular weight excluding hydrogens is 735 g/mol. The van der Waals surface area contributed by atoms with Crippen LogP contribution < -0.4 is 5.32 Å². The lowest BCUT2D eigenvalue weighted by molar-refractivity contribution is -0.123. The van der Waals surface area contributed by atoms with Crippen molar-refractivity contribution in [3.63, 3.8) is 0 Å². The predicted molar refractivity (Wildman–Crippen MR) is 267 cm³/mol. The largest absolute Gasteiger partial charge is 0.394 e. The molecule has 0 aliphatic carbocycles. The molecule has 0 aliphatic heterocycles. The number of unbranched alkanes of at least 4 members (excludes halogenated alkanes) is 27. The predicted octanol–water partition coefficient (Wildman–Crippen LogP) is 16.8. The third kappa shape index (κ3) is 46.6. The summed E-state index contributed by atoms with van der Waals surface area (Å²) in [4.78, 5) is 12.4. The molecule has 0 radical (unpaired) electrons. The summed E-state index contributed by atoms with van der Waals surface area (Å²) in [6.45, 7) is 4.19. The van der Waals surface area contributed by atoms with Gasteiger partial charge in [0.15, 0.2) is 0 Å². The zero-order valence-corrected chi connectivity index (χ0v) is 39.7. The van der Waals surface area contributed by atoms with Crippen molar-refractivity contribution in [3.05, 3.63) is 85.1 Å². The minimum atomic E-state index is -0.841. The molecule has 0 heterocycles. The highest BCUT2D eigenvalue weighted by molar-refractivity contribution is 5.76. The quantitative estimate of drug-likeness (QED) is 0.0423. The summed E-state index contributed by atoms with van der Waals surface area (Å²) in [5, 5.41) is 23.0. The van der Waals surface area contributed by atoms with Gasteiger partial charge in [-0.05, 0) is 70.6 Å². The van der Waals surface area contributed by atoms with Crippen molar-refractivity contribution in [2.75, 3.05) is 6.61 Å². The number of carbonyl (C=O) groups is 1. The fourth-order valence-corrected chi connectivity index (χ4v) is 7.48. The monoisotopic (exact) mass is 834 g/mol. The number of nitrogens with one attached hydrogen (secondary N) is 1. The number of rotatable bonds is 46. The molecule has 0 aliphatic rings. The van der Waals surface area contributed by atoms with Crippen LogP contribution in [0.1, 0.15) is 245 Å². The van der Waals surface area contributed by atoms with E-state index in [1.54, 1.807) is 6.08 Å². The summed E-state index contributed by atoms with van der Waals surface area (Å²) in [7, 11) is 0. The van der Waals surface area contributed by atoms with Crippen LogP contribution in [0, 0.1) is 0 Å². The number of hydrogen-bond donors (Lipinski definition) is 3. The molecule has 0 aromatic rings. The summed E-state index contributed by atoms with van der Waals surface area (Å²) >= 11 is 0. The molecule has 1 amide bonds. The van der Waals surface area contributed by atoms with Gasteiger partial charge in [-0.25, -0.2) is 0 Å². The van der Waals surface area contributed by atoms with Crippen LogP contribution >= 0.6 is 0 Å². The van der Waals surface area contributed by atoms with Crippen LogP contribution in [0.25, 0.3) is 0 Å². The highest BCUT2D eigenvalue weighted by Gasteiger charge is 2.18. The average molecular weight is 834 g/mol. The molecule has 0 spiro atoms. The minimum absolute atomic E-state index is 0.0660. The molecule has 4 nitrogen and oxygen atoms in total. The first kappa shape index (κ1) is 57.6. The van der Waals surface area contributed by atoms with Gasteiger partial charge in [0.05, 0.1) is 18.8 Å². The highest BCUT2D eigenvalue weighted by Crippen LogP contribution is 2.16. The van der Waals surface area contributed by atoms with Crippen molar-refractivity contribution in [2.45, 2.75) is 257 Å². The normalized spacial score (nSPS) is 13.6. The first-order chi connectivity index (χ1) is 29.7. The SMILES string of the molecule is CC/C=C\C/C=C\C/C=C\C/C=C\C/C=C\C/C=C\CCCCCCCCCCCCCCCCCCC(=O)NC(CO)C(O)/C=C/CCCCCCCCCCCCC. The molecule has 346 valence electrons. The zero-order chi connectivity index (χ0) is 43.5. The first-order valence-electron chi connectivity index (χ1n) is 25.8. The molecule has 60 heavy (non-hydrogen) atoms. The summed E-state index contributed by atoms with van der Waals surface area (Å²) < 4.78 is 0. The molecule has 0 bridgehead atoms. The van der Waals surface area contributed by atoms with E-state index in [1.807, 2.05) is 6.08 Å². The number of aliphatic hydroxyl groups is 2. The molecule has 0 saturated carbocycles. The lowest BCUT2D eigenvalue weighted by Crippen LogP contribution is -2.45. The first-order valence-corrected chi connectivity index (χ1v) is 25.8. The van der Waals surface area contributed by atoms with Crippen LogP contribution in [0.2, 0.25) is 0 Å². The van der Waals surface area contributed by atoms with Crippen molar-refractivity contribution in [3.8, 4) is 0 Å². The molecule has 2 atom stereocenters. The number of allylic oxidation sites excluding steroid dienone is 13. The Bertz CT molecular complexity index is 1080. The maximum atomic E-state index is 12.4. The molecule has 4 heteroatoms. The summed E-state index contributed by atoms with van der Waals surface area (Å²) in [5.41, 5.74) is 0. The Kier molecular flexibility index (Phi) is 48.9. The maximum Gasteiger partial charge on any atom is 0.220 e. The van der Waals surface area contributed by atoms with Crippen LogP contribution in [-0.2, 0) is 4.79 Å². The second kappa shape index (κ2) is 50.9. The van der Waals surface area contributed by atoms with Crippen molar-refractivity contribution < 1.29 is 15.0 Å². The van der Waals surface area contributed by atoms with Gasteiger partial charge in [0.2, 0.25) is 5.91 Å². The third-order valence-electron chi connectivity index (χ3n) is 11.4. The average Bonchev–Trinajstić information content (AvgIpc) is 3.25. The molecular formula is C56H99NO3. The van der Waals surface area contributed by atoms with Gasteiger partial charge in [-0.2, -0.15) is 0 Å². The molecule has 3 N–H and O–H groups in total. The van der Waals surface area contributed by atoms with Crippen LogP contribution in [-0.4, -0.2) is 34.9 Å². The summed E-state index contributed by atoms with van der Waals surface area (Å²) in [6, 6.07) is -0.624. The van der Waals surface area contributed by atoms with Gasteiger partial charge in [-0.15, -0.1) is 0 Å². The molecule has 0 rings (SSSR count). The lowest BCUT2D eigenvalue weighted by Gasteiger charge is -2.20. The van der Waals surface area contributed by atoms with Gasteiger partial charge in [0.25, 0.3) is 0 Å². The Morgan fingerprint density at radius 2 is 0.733 bits per heavy atom. The second-order valence-corrected chi connectivity index (χ2v) is 17.2. The lowest BCUT2D eigenvalue weighted by atomic mass is 10.0. The van der Waals surface area contributed by atoms with Crippen molar-refractivity contribution in [2.24, 2.45) is 0 Å². The van der Waals surface area contributed by atoms with E-state index in [-0.39, 0.29) is 12.5 Å². The van der Waals surface area contributed by atoms with Gasteiger partial charge in [-0.1, -0.05) is 253 Å². The highest BCUT2D eigenvalue weighted by atomic mass is 16.3. The van der Waals surface area contributed by atoms with E-state index in [2.05, 4.69) is 92.1 Å². The van der Waals surface area contributed by atoms with Crippen LogP contribution in [0.5, 0.6) is 0 Å². The van der Waals surface area contributed by atoms with Crippen molar-refractivity contribution in [1.29, 1.82) is 0 Å². The van der Waals surface area contributed by atoms with Crippen molar-refractivity contribution in [1.82, 2.24) is 5.32 Å². The Hall–Kier alpha value is -2.43. The fraction of sp³-hybridized carbons (Fsp3) is 0.732. The van der Waals surface area contributed by atoms with Crippen LogP contribution in [0.4, 0.5) is 0 Å². The Morgan fingerprint density at radius 3 is 1.10 bits per heavy atom. The standard InChI is InChI=1S/C56H99NO3/c1-3-5-7-9-11-13-15-17-18-19-20-21-22-23-24-25-26-27-28-29-30-31-32-33-34-35-36-37-38-40-42-44-46-48-50-52-56(60)57-54(53-58)55(59)51-49-47-45-43-41-39-16-14-12-10-8-6-4-2/h5,7,11,13,17-18,20-21,23-24,26-27,49,51,54-55,58-59H,3-4,6,8-10,12,14-16,19,22,25,28-48,50,52-53H2,1-2H3,(H,57,60)/b7-5-,13-11-,18-17-,21-20-,24-23-,27-26-,51-49+. The number of hydrogen-bond acceptors (Lipinski definition) is 3. The third-order valence-corrected chi connectivity index (χ3v) is 11.4. The van der Waals surface area contributed by atoms with Gasteiger partial charge in [-0.3, -0.25) is 4.79 Å². The van der Waals surface area contributed by atoms with E-state index in [0.717, 1.165) is 64.2 Å². The van der Waals surface area contributed by atoms with E-state index in [9.17, 15) is 15.0 Å². The number of carbonyl (C=O) groups excluding carboxylic acids is 1. The topological polar surface area (TPSA) is 69.6 Å². The van der Waals surface area contributed by atoms with Gasteiger partial charge in [0.1, 0.15) is 0 Å². The minimum Gasteiger partial charge on any atom is -0.394 e. The zero-order valence-electron chi connectivity index (χ0n) is 39.7. The molecule has 0 saturated heterocycles. The summed E-state index contributed by atoms with van der Waals surface area (Å²) in [5.74, 6) is -0.0660. The Morgan fingerprint density at radius 1 is 0.417 bits per heavy atom. The van der Waals surface area contributed by atoms with Gasteiger partial charge in [0, 0.05) is 6.42 Å². The van der Waals surface area contributed by atoms with Crippen LogP contribution in [0.15, 0.2) is 85.1 Å². The molecule has 0 fully saturated rings. The van der Waals surface area contributed by atoms with Crippen molar-refractivity contribution >= 4 is 5.91 Å². The van der Waals surface area contributed by atoms with Gasteiger partial charge >= 0.3 is 0 Å². The Labute approximate surface area is 373 Å². The number of amides is 1. The van der Waals surface area contributed by atoms with E-state index in [4.69, 9.17) is 0 Å². The van der Waals surface area contributed by atoms with Crippen LogP contribution in [0.3, 0.4) is 0 Å². The molecule has 0 aromatic heterocycles. The Balaban J connectivity index is 3.50. The molecule has 2 unspecified atom stereocenters. The van der Waals surface area contributed by atoms with E-state index < -0.39 is 12.1 Å². The smallest absolute Gasteiger partial charge is 0.220 e. The molecule has 0 aromatic carbocycles. The summed E-state index contributed by atoms with van der Waals surface area (Å²) in [6.07, 6.45) is 74.4. The second-order valence-electron chi connectivity index (χ2n) is 17.2. The van der Waals surface area contributed by atoms with E-state index in [1.165, 1.54) is 161 Å². The van der Waals surface area contributed by atoms with E-state index >= 15 is 0 Å². The maximum absolute atomic E-state index is 12.4. The van der Waals surface area contributed by atoms with Gasteiger partial charge < -0.3 is 15.5 Å². The van der Waals surface area contributed by atoms with E-state index in [0.29, 0.717) is 6.42 Å².